The largest absolute Gasteiger partial charge is 0.497 e. The lowest BCUT2D eigenvalue weighted by Crippen LogP contribution is -2.46. The summed E-state index contributed by atoms with van der Waals surface area (Å²) in [5, 5.41) is 3.86. The van der Waals surface area contributed by atoms with Crippen LogP contribution in [-0.4, -0.2) is 41.8 Å². The lowest BCUT2D eigenvalue weighted by atomic mass is 9.79. The first-order valence-electron chi connectivity index (χ1n) is 8.51. The minimum Gasteiger partial charge on any atom is -0.497 e. The molecule has 0 aliphatic carbocycles. The Morgan fingerprint density at radius 3 is 2.83 bits per heavy atom. The molecule has 1 saturated heterocycles. The number of ether oxygens (including phenoxy) is 2. The normalized spacial score (nSPS) is 20.1. The number of fused-ring (bicyclic) bond motifs is 2. The van der Waals surface area contributed by atoms with Crippen molar-refractivity contribution >= 4 is 0 Å². The van der Waals surface area contributed by atoms with Gasteiger partial charge in [-0.2, -0.15) is 4.98 Å². The van der Waals surface area contributed by atoms with Crippen LogP contribution < -0.4 is 4.74 Å². The molecule has 0 N–H and O–H groups in total. The molecule has 128 valence electrons. The molecule has 3 heterocycles. The topological polar surface area (TPSA) is 60.6 Å². The number of aromatic nitrogens is 2. The third-order valence-corrected chi connectivity index (χ3v) is 5.15. The van der Waals surface area contributed by atoms with Gasteiger partial charge in [0.05, 0.1) is 25.9 Å². The first kappa shape index (κ1) is 15.6. The SMILES string of the molecule is COc1ccc2c(c1)CCOC21CCN(Cc2nc(C)no2)CC1. The van der Waals surface area contributed by atoms with E-state index in [9.17, 15) is 0 Å². The maximum absolute atomic E-state index is 6.29. The molecule has 2 aromatic rings. The van der Waals surface area contributed by atoms with Gasteiger partial charge in [-0.1, -0.05) is 11.2 Å². The fourth-order valence-corrected chi connectivity index (χ4v) is 3.86. The number of likely N-dealkylation sites (tertiary alicyclic amines) is 1. The molecule has 6 heteroatoms. The Hall–Kier alpha value is -1.92. The van der Waals surface area contributed by atoms with Gasteiger partial charge in [0.1, 0.15) is 5.75 Å². The zero-order valence-electron chi connectivity index (χ0n) is 14.2. The third kappa shape index (κ3) is 2.80. The lowest BCUT2D eigenvalue weighted by molar-refractivity contribution is -0.0997. The van der Waals surface area contributed by atoms with Crippen molar-refractivity contribution in [3.05, 3.63) is 41.0 Å². The van der Waals surface area contributed by atoms with Gasteiger partial charge < -0.3 is 14.0 Å². The Morgan fingerprint density at radius 2 is 2.12 bits per heavy atom. The van der Waals surface area contributed by atoms with Gasteiger partial charge in [0, 0.05) is 13.1 Å². The van der Waals surface area contributed by atoms with E-state index in [1.54, 1.807) is 7.11 Å². The second-order valence-electron chi connectivity index (χ2n) is 6.63. The fourth-order valence-electron chi connectivity index (χ4n) is 3.86. The van der Waals surface area contributed by atoms with E-state index in [0.717, 1.165) is 44.7 Å². The van der Waals surface area contributed by atoms with Crippen LogP contribution in [0.3, 0.4) is 0 Å². The Bertz CT molecular complexity index is 720. The van der Waals surface area contributed by atoms with E-state index >= 15 is 0 Å². The van der Waals surface area contributed by atoms with Crippen molar-refractivity contribution in [3.63, 3.8) is 0 Å². The average molecular weight is 329 g/mol. The van der Waals surface area contributed by atoms with E-state index in [2.05, 4.69) is 27.2 Å². The predicted octanol–water partition coefficient (Wildman–Crippen LogP) is 2.45. The number of methoxy groups -OCH3 is 1. The molecule has 4 rings (SSSR count). The summed E-state index contributed by atoms with van der Waals surface area (Å²) in [6.45, 7) is 5.27. The second-order valence-corrected chi connectivity index (χ2v) is 6.63. The summed E-state index contributed by atoms with van der Waals surface area (Å²) in [5.41, 5.74) is 2.55. The number of piperidine rings is 1. The molecule has 24 heavy (non-hydrogen) atoms. The smallest absolute Gasteiger partial charge is 0.240 e. The van der Waals surface area contributed by atoms with Crippen LogP contribution >= 0.6 is 0 Å². The zero-order chi connectivity index (χ0) is 16.6. The number of nitrogens with zero attached hydrogens (tertiary/aromatic N) is 3. The van der Waals surface area contributed by atoms with Crippen LogP contribution in [0, 0.1) is 6.92 Å². The van der Waals surface area contributed by atoms with Crippen molar-refractivity contribution in [2.75, 3.05) is 26.8 Å². The molecule has 0 atom stereocenters. The molecule has 1 aromatic carbocycles. The Morgan fingerprint density at radius 1 is 1.29 bits per heavy atom. The molecule has 6 nitrogen and oxygen atoms in total. The van der Waals surface area contributed by atoms with Crippen LogP contribution in [-0.2, 0) is 23.3 Å². The molecule has 0 amide bonds. The van der Waals surface area contributed by atoms with Gasteiger partial charge >= 0.3 is 0 Å². The third-order valence-electron chi connectivity index (χ3n) is 5.15. The predicted molar refractivity (Wildman–Crippen MR) is 87.9 cm³/mol. The number of hydrogen-bond acceptors (Lipinski definition) is 6. The van der Waals surface area contributed by atoms with Crippen LogP contribution in [0.5, 0.6) is 5.75 Å². The number of aryl methyl sites for hydroxylation is 1. The molecule has 0 saturated carbocycles. The van der Waals surface area contributed by atoms with Gasteiger partial charge in [0.15, 0.2) is 5.82 Å². The average Bonchev–Trinajstić information content (AvgIpc) is 3.02. The van der Waals surface area contributed by atoms with Crippen LogP contribution in [0.25, 0.3) is 0 Å². The molecule has 0 unspecified atom stereocenters. The Labute approximate surface area is 141 Å². The van der Waals surface area contributed by atoms with Crippen LogP contribution in [0.1, 0.15) is 35.7 Å². The van der Waals surface area contributed by atoms with Crippen LogP contribution in [0.15, 0.2) is 22.7 Å². The number of benzene rings is 1. The second kappa shape index (κ2) is 6.18. The Kier molecular flexibility index (Phi) is 4.02. The van der Waals surface area contributed by atoms with E-state index in [1.165, 1.54) is 11.1 Å². The fraction of sp³-hybridized carbons (Fsp3) is 0.556. The monoisotopic (exact) mass is 329 g/mol. The van der Waals surface area contributed by atoms with Gasteiger partial charge in [-0.3, -0.25) is 4.90 Å². The molecular weight excluding hydrogens is 306 g/mol. The van der Waals surface area contributed by atoms with Gasteiger partial charge in [0.2, 0.25) is 5.89 Å². The summed E-state index contributed by atoms with van der Waals surface area (Å²) >= 11 is 0. The summed E-state index contributed by atoms with van der Waals surface area (Å²) in [5.74, 6) is 2.31. The minimum absolute atomic E-state index is 0.152. The summed E-state index contributed by atoms with van der Waals surface area (Å²) < 4.78 is 16.9. The molecule has 1 fully saturated rings. The highest BCUT2D eigenvalue weighted by Gasteiger charge is 2.41. The molecular formula is C18H23N3O3. The summed E-state index contributed by atoms with van der Waals surface area (Å²) in [6, 6.07) is 6.39. The van der Waals surface area contributed by atoms with Crippen molar-refractivity contribution in [1.29, 1.82) is 0 Å². The molecule has 2 aliphatic heterocycles. The van der Waals surface area contributed by atoms with E-state index in [0.29, 0.717) is 18.3 Å². The van der Waals surface area contributed by atoms with E-state index in [1.807, 2.05) is 13.0 Å². The van der Waals surface area contributed by atoms with E-state index in [4.69, 9.17) is 14.0 Å². The molecule has 0 bridgehead atoms. The summed E-state index contributed by atoms with van der Waals surface area (Å²) in [4.78, 5) is 6.66. The van der Waals surface area contributed by atoms with Crippen molar-refractivity contribution in [2.45, 2.75) is 38.3 Å². The van der Waals surface area contributed by atoms with Crippen molar-refractivity contribution in [2.24, 2.45) is 0 Å². The van der Waals surface area contributed by atoms with Gasteiger partial charge in [0.25, 0.3) is 0 Å². The maximum Gasteiger partial charge on any atom is 0.240 e. The van der Waals surface area contributed by atoms with Crippen molar-refractivity contribution in [3.8, 4) is 5.75 Å². The van der Waals surface area contributed by atoms with Crippen molar-refractivity contribution in [1.82, 2.24) is 15.0 Å². The van der Waals surface area contributed by atoms with E-state index in [-0.39, 0.29) is 5.60 Å². The highest BCUT2D eigenvalue weighted by molar-refractivity contribution is 5.41. The maximum atomic E-state index is 6.29. The quantitative estimate of drug-likeness (QED) is 0.862. The Balaban J connectivity index is 1.49. The van der Waals surface area contributed by atoms with Crippen LogP contribution in [0.4, 0.5) is 0 Å². The standard InChI is InChI=1S/C18H23N3O3/c1-13-19-17(24-20-13)12-21-8-6-18(7-9-21)16-4-3-15(22-2)11-14(16)5-10-23-18/h3-4,11H,5-10,12H2,1-2H3. The highest BCUT2D eigenvalue weighted by Crippen LogP contribution is 2.42. The summed E-state index contributed by atoms with van der Waals surface area (Å²) in [7, 11) is 1.72. The minimum atomic E-state index is -0.152. The van der Waals surface area contributed by atoms with Gasteiger partial charge in [-0.05, 0) is 49.4 Å². The van der Waals surface area contributed by atoms with Crippen molar-refractivity contribution < 1.29 is 14.0 Å². The zero-order valence-corrected chi connectivity index (χ0v) is 14.2. The van der Waals surface area contributed by atoms with Gasteiger partial charge in [-0.25, -0.2) is 0 Å². The molecule has 1 aromatic heterocycles. The molecule has 1 spiro atoms. The first-order valence-corrected chi connectivity index (χ1v) is 8.51. The molecule has 0 radical (unpaired) electrons. The van der Waals surface area contributed by atoms with E-state index < -0.39 is 0 Å². The van der Waals surface area contributed by atoms with Gasteiger partial charge in [-0.15, -0.1) is 0 Å². The lowest BCUT2D eigenvalue weighted by Gasteiger charge is -2.44. The number of rotatable bonds is 3. The molecule has 2 aliphatic rings. The van der Waals surface area contributed by atoms with Crippen LogP contribution in [0.2, 0.25) is 0 Å². The number of hydrogen-bond donors (Lipinski definition) is 0. The first-order chi connectivity index (χ1) is 11.7. The highest BCUT2D eigenvalue weighted by atomic mass is 16.5. The summed E-state index contributed by atoms with van der Waals surface area (Å²) in [6.07, 6.45) is 2.93.